The normalized spacial score (nSPS) is 12.8. The minimum atomic E-state index is -4.44. The van der Waals surface area contributed by atoms with Gasteiger partial charge in [0.05, 0.1) is 5.56 Å². The third-order valence-corrected chi connectivity index (χ3v) is 4.20. The van der Waals surface area contributed by atoms with E-state index >= 15 is 0 Å². The largest absolute Gasteiger partial charge is 0.454 e. The lowest BCUT2D eigenvalue weighted by Gasteiger charge is -2.07. The summed E-state index contributed by atoms with van der Waals surface area (Å²) >= 11 is 0. The number of alkyl halides is 3. The van der Waals surface area contributed by atoms with Gasteiger partial charge in [-0.05, 0) is 42.5 Å². The summed E-state index contributed by atoms with van der Waals surface area (Å²) in [6, 6.07) is 9.25. The number of halogens is 3. The van der Waals surface area contributed by atoms with Crippen LogP contribution in [0.4, 0.5) is 13.2 Å². The van der Waals surface area contributed by atoms with Crippen LogP contribution in [0.5, 0.6) is 11.5 Å². The quantitative estimate of drug-likeness (QED) is 0.700. The van der Waals surface area contributed by atoms with Gasteiger partial charge >= 0.3 is 6.18 Å². The Kier molecular flexibility index (Phi) is 4.83. The predicted molar refractivity (Wildman–Crippen MR) is 93.3 cm³/mol. The molecule has 0 saturated carbocycles. The Balaban J connectivity index is 1.33. The van der Waals surface area contributed by atoms with Crippen molar-refractivity contribution >= 4 is 5.91 Å². The standard InChI is InChI=1S/C19H14F3N3O4/c20-19(21,22)13-4-1-11(2-5-13)18(26)23-8-7-16-24-17(25-29-16)12-3-6-14-15(9-12)28-10-27-14/h1-6,9H,7-8,10H2,(H,23,26). The number of carbonyl (C=O) groups is 1. The van der Waals surface area contributed by atoms with Crippen LogP contribution in [0.1, 0.15) is 21.8 Å². The van der Waals surface area contributed by atoms with Gasteiger partial charge in [0.1, 0.15) is 0 Å². The van der Waals surface area contributed by atoms with Gasteiger partial charge in [-0.1, -0.05) is 5.16 Å². The van der Waals surface area contributed by atoms with Crippen molar-refractivity contribution in [2.24, 2.45) is 0 Å². The van der Waals surface area contributed by atoms with E-state index in [0.29, 0.717) is 28.8 Å². The van der Waals surface area contributed by atoms with Crippen molar-refractivity contribution in [2.45, 2.75) is 12.6 Å². The third kappa shape index (κ3) is 4.15. The molecule has 0 atom stereocenters. The van der Waals surface area contributed by atoms with E-state index in [4.69, 9.17) is 14.0 Å². The summed E-state index contributed by atoms with van der Waals surface area (Å²) in [4.78, 5) is 16.3. The molecule has 0 bridgehead atoms. The number of hydrogen-bond acceptors (Lipinski definition) is 6. The van der Waals surface area contributed by atoms with Crippen molar-refractivity contribution in [1.82, 2.24) is 15.5 Å². The number of hydrogen-bond donors (Lipinski definition) is 1. The third-order valence-electron chi connectivity index (χ3n) is 4.20. The minimum Gasteiger partial charge on any atom is -0.454 e. The molecule has 2 heterocycles. The number of carbonyl (C=O) groups excluding carboxylic acids is 1. The van der Waals surface area contributed by atoms with Crippen molar-refractivity contribution in [2.75, 3.05) is 13.3 Å². The zero-order chi connectivity index (χ0) is 20.4. The SMILES string of the molecule is O=C(NCCc1nc(-c2ccc3c(c2)OCO3)no1)c1ccc(C(F)(F)F)cc1. The van der Waals surface area contributed by atoms with Gasteiger partial charge in [0, 0.05) is 24.1 Å². The summed E-state index contributed by atoms with van der Waals surface area (Å²) in [5, 5.41) is 6.50. The van der Waals surface area contributed by atoms with Gasteiger partial charge in [0.2, 0.25) is 18.5 Å². The van der Waals surface area contributed by atoms with Crippen molar-refractivity contribution in [3.05, 3.63) is 59.5 Å². The molecule has 1 aromatic heterocycles. The lowest BCUT2D eigenvalue weighted by atomic mass is 10.1. The zero-order valence-corrected chi connectivity index (χ0v) is 14.8. The first kappa shape index (κ1) is 18.8. The molecule has 0 saturated heterocycles. The molecule has 1 amide bonds. The maximum absolute atomic E-state index is 12.6. The number of amides is 1. The molecule has 4 rings (SSSR count). The van der Waals surface area contributed by atoms with Crippen molar-refractivity contribution < 1.29 is 32.0 Å². The lowest BCUT2D eigenvalue weighted by Crippen LogP contribution is -2.25. The van der Waals surface area contributed by atoms with Crippen LogP contribution in [0.3, 0.4) is 0 Å². The number of aromatic nitrogens is 2. The fraction of sp³-hybridized carbons (Fsp3) is 0.211. The molecular weight excluding hydrogens is 391 g/mol. The molecule has 2 aromatic carbocycles. The molecule has 0 spiro atoms. The fourth-order valence-electron chi connectivity index (χ4n) is 2.70. The van der Waals surface area contributed by atoms with Gasteiger partial charge in [-0.15, -0.1) is 0 Å². The summed E-state index contributed by atoms with van der Waals surface area (Å²) in [6.45, 7) is 0.345. The first-order valence-corrected chi connectivity index (χ1v) is 8.58. The van der Waals surface area contributed by atoms with Crippen LogP contribution >= 0.6 is 0 Å². The molecule has 1 N–H and O–H groups in total. The topological polar surface area (TPSA) is 86.5 Å². The van der Waals surface area contributed by atoms with Crippen LogP contribution in [0.2, 0.25) is 0 Å². The molecule has 0 radical (unpaired) electrons. The highest BCUT2D eigenvalue weighted by Gasteiger charge is 2.30. The molecule has 0 fully saturated rings. The summed E-state index contributed by atoms with van der Waals surface area (Å²) in [6.07, 6.45) is -4.17. The predicted octanol–water partition coefficient (Wildman–Crippen LogP) is 3.46. The summed E-state index contributed by atoms with van der Waals surface area (Å²) in [5.41, 5.74) is 0.0126. The zero-order valence-electron chi connectivity index (χ0n) is 14.8. The van der Waals surface area contributed by atoms with E-state index in [1.165, 1.54) is 0 Å². The maximum Gasteiger partial charge on any atom is 0.416 e. The van der Waals surface area contributed by atoms with Gasteiger partial charge in [-0.3, -0.25) is 4.79 Å². The van der Waals surface area contributed by atoms with Crippen LogP contribution in [0.25, 0.3) is 11.4 Å². The van der Waals surface area contributed by atoms with E-state index in [2.05, 4.69) is 15.5 Å². The Morgan fingerprint density at radius 2 is 1.83 bits per heavy atom. The average molecular weight is 405 g/mol. The second-order valence-electron chi connectivity index (χ2n) is 6.16. The fourth-order valence-corrected chi connectivity index (χ4v) is 2.70. The lowest BCUT2D eigenvalue weighted by molar-refractivity contribution is -0.137. The van der Waals surface area contributed by atoms with Crippen LogP contribution in [0, 0.1) is 0 Å². The molecule has 3 aromatic rings. The maximum atomic E-state index is 12.6. The van der Waals surface area contributed by atoms with E-state index < -0.39 is 17.6 Å². The second-order valence-corrected chi connectivity index (χ2v) is 6.16. The highest BCUT2D eigenvalue weighted by Crippen LogP contribution is 2.35. The highest BCUT2D eigenvalue weighted by molar-refractivity contribution is 5.94. The van der Waals surface area contributed by atoms with Gasteiger partial charge in [-0.25, -0.2) is 0 Å². The highest BCUT2D eigenvalue weighted by atomic mass is 19.4. The molecule has 7 nitrogen and oxygen atoms in total. The Hall–Kier alpha value is -3.56. The van der Waals surface area contributed by atoms with Crippen LogP contribution in [-0.2, 0) is 12.6 Å². The van der Waals surface area contributed by atoms with Crippen LogP contribution in [0.15, 0.2) is 47.0 Å². The average Bonchev–Trinajstić information content (AvgIpc) is 3.36. The van der Waals surface area contributed by atoms with Crippen LogP contribution in [-0.4, -0.2) is 29.4 Å². The van der Waals surface area contributed by atoms with Crippen molar-refractivity contribution in [1.29, 1.82) is 0 Å². The molecule has 10 heteroatoms. The number of benzene rings is 2. The first-order chi connectivity index (χ1) is 13.9. The Labute approximate surface area is 162 Å². The molecular formula is C19H14F3N3O4. The van der Waals surface area contributed by atoms with Gasteiger partial charge in [0.25, 0.3) is 5.91 Å². The van der Waals surface area contributed by atoms with E-state index in [1.54, 1.807) is 18.2 Å². The van der Waals surface area contributed by atoms with Gasteiger partial charge < -0.3 is 19.3 Å². The van der Waals surface area contributed by atoms with Crippen molar-refractivity contribution in [3.63, 3.8) is 0 Å². The molecule has 0 aliphatic carbocycles. The van der Waals surface area contributed by atoms with E-state index in [1.807, 2.05) is 0 Å². The van der Waals surface area contributed by atoms with E-state index in [0.717, 1.165) is 24.3 Å². The molecule has 0 unspecified atom stereocenters. The Bertz CT molecular complexity index is 1030. The number of ether oxygens (including phenoxy) is 2. The number of fused-ring (bicyclic) bond motifs is 1. The monoisotopic (exact) mass is 405 g/mol. The minimum absolute atomic E-state index is 0.129. The van der Waals surface area contributed by atoms with Gasteiger partial charge in [0.15, 0.2) is 11.5 Å². The van der Waals surface area contributed by atoms with Gasteiger partial charge in [-0.2, -0.15) is 18.2 Å². The smallest absolute Gasteiger partial charge is 0.416 e. The van der Waals surface area contributed by atoms with E-state index in [-0.39, 0.29) is 25.3 Å². The molecule has 150 valence electrons. The second kappa shape index (κ2) is 7.46. The Morgan fingerprint density at radius 3 is 2.59 bits per heavy atom. The summed E-state index contributed by atoms with van der Waals surface area (Å²) in [5.74, 6) is 1.42. The number of nitrogens with zero attached hydrogens (tertiary/aromatic N) is 2. The van der Waals surface area contributed by atoms with Crippen molar-refractivity contribution in [3.8, 4) is 22.9 Å². The molecule has 1 aliphatic rings. The number of nitrogens with one attached hydrogen (secondary N) is 1. The summed E-state index contributed by atoms with van der Waals surface area (Å²) < 4.78 is 53.4. The summed E-state index contributed by atoms with van der Waals surface area (Å²) in [7, 11) is 0. The number of rotatable bonds is 5. The molecule has 29 heavy (non-hydrogen) atoms. The Morgan fingerprint density at radius 1 is 1.07 bits per heavy atom. The molecule has 1 aliphatic heterocycles. The van der Waals surface area contributed by atoms with E-state index in [9.17, 15) is 18.0 Å². The first-order valence-electron chi connectivity index (χ1n) is 8.58. The van der Waals surface area contributed by atoms with Crippen LogP contribution < -0.4 is 14.8 Å².